The molecule has 2 bridgehead atoms. The van der Waals surface area contributed by atoms with Crippen molar-refractivity contribution in [2.24, 2.45) is 5.73 Å². The molecule has 4 heterocycles. The molecule has 2 atom stereocenters. The Morgan fingerprint density at radius 2 is 1.83 bits per heavy atom. The van der Waals surface area contributed by atoms with Gasteiger partial charge in [-0.25, -0.2) is 9.37 Å². The Labute approximate surface area is 172 Å². The molecule has 0 unspecified atom stereocenters. The molecule has 5 rings (SSSR count). The highest BCUT2D eigenvalue weighted by Crippen LogP contribution is 2.39. The van der Waals surface area contributed by atoms with Crippen LogP contribution in [0.2, 0.25) is 0 Å². The lowest BCUT2D eigenvalue weighted by Gasteiger charge is -2.39. The van der Waals surface area contributed by atoms with Gasteiger partial charge in [-0.05, 0) is 56.0 Å². The molecular weight excluding hydrogens is 385 g/mol. The largest absolute Gasteiger partial charge is 0.381 e. The number of nitrogens with two attached hydrogens (primary N) is 1. The number of carbonyl (C=O) groups is 2. The second-order valence-corrected chi connectivity index (χ2v) is 8.07. The van der Waals surface area contributed by atoms with Crippen LogP contribution in [0.3, 0.4) is 0 Å². The highest BCUT2D eigenvalue weighted by molar-refractivity contribution is 6.06. The van der Waals surface area contributed by atoms with Crippen molar-refractivity contribution in [3.05, 3.63) is 59.7 Å². The maximum absolute atomic E-state index is 13.2. The van der Waals surface area contributed by atoms with E-state index in [4.69, 9.17) is 5.73 Å². The number of pyridine rings is 1. The average molecular weight is 407 g/mol. The number of carbonyl (C=O) groups excluding carboxylic acids is 2. The number of rotatable bonds is 4. The summed E-state index contributed by atoms with van der Waals surface area (Å²) in [6.07, 6.45) is 6.70. The van der Waals surface area contributed by atoms with E-state index in [0.717, 1.165) is 31.1 Å². The average Bonchev–Trinajstić information content (AvgIpc) is 3.31. The first-order valence-electron chi connectivity index (χ1n) is 10.1. The summed E-state index contributed by atoms with van der Waals surface area (Å²) in [5.41, 5.74) is 7.83. The molecule has 7 nitrogen and oxygen atoms in total. The Morgan fingerprint density at radius 3 is 2.50 bits per heavy atom. The van der Waals surface area contributed by atoms with E-state index in [1.165, 1.54) is 18.3 Å². The van der Waals surface area contributed by atoms with Crippen molar-refractivity contribution in [3.63, 3.8) is 0 Å². The van der Waals surface area contributed by atoms with E-state index < -0.39 is 5.91 Å². The fourth-order valence-electron chi connectivity index (χ4n) is 4.92. The molecule has 2 fully saturated rings. The van der Waals surface area contributed by atoms with Gasteiger partial charge >= 0.3 is 0 Å². The monoisotopic (exact) mass is 407 g/mol. The third kappa shape index (κ3) is 3.08. The summed E-state index contributed by atoms with van der Waals surface area (Å²) < 4.78 is 13.2. The molecule has 3 aromatic rings. The summed E-state index contributed by atoms with van der Waals surface area (Å²) in [7, 11) is 0. The predicted molar refractivity (Wildman–Crippen MR) is 111 cm³/mol. The fourth-order valence-corrected chi connectivity index (χ4v) is 4.92. The lowest BCUT2D eigenvalue weighted by atomic mass is 9.95. The van der Waals surface area contributed by atoms with Gasteiger partial charge in [0.15, 0.2) is 0 Å². The summed E-state index contributed by atoms with van der Waals surface area (Å²) in [5.74, 6) is -0.924. The second kappa shape index (κ2) is 7.12. The molecule has 0 spiro atoms. The molecule has 2 saturated heterocycles. The van der Waals surface area contributed by atoms with Gasteiger partial charge < -0.3 is 20.9 Å². The van der Waals surface area contributed by atoms with E-state index in [2.05, 4.69) is 15.3 Å². The van der Waals surface area contributed by atoms with Crippen LogP contribution >= 0.6 is 0 Å². The van der Waals surface area contributed by atoms with Crippen LogP contribution in [0, 0.1) is 5.82 Å². The molecule has 154 valence electrons. The molecule has 8 heteroatoms. The van der Waals surface area contributed by atoms with E-state index >= 15 is 0 Å². The SMILES string of the molecule is NC(=O)c1cnc2[nH]ccc2c1NC1C[C@@H]2CC[C@@H](C1)N2C(=O)c1ccc(F)cc1. The molecule has 0 aliphatic carbocycles. The Kier molecular flexibility index (Phi) is 4.42. The standard InChI is InChI=1S/C22H22FN5O2/c23-13-3-1-12(2-4-13)22(30)28-15-5-6-16(28)10-14(9-15)27-19-17-7-8-25-21(17)26-11-18(19)20(24)29/h1-4,7-8,11,14-16H,5-6,9-10H2,(H2,24,29)(H2,25,26,27)/t15-,16-/m0/s1. The summed E-state index contributed by atoms with van der Waals surface area (Å²) >= 11 is 0. The van der Waals surface area contributed by atoms with Crippen molar-refractivity contribution in [2.75, 3.05) is 5.32 Å². The van der Waals surface area contributed by atoms with Gasteiger partial charge in [-0.15, -0.1) is 0 Å². The smallest absolute Gasteiger partial charge is 0.254 e. The first-order chi connectivity index (χ1) is 14.5. The number of piperidine rings is 1. The van der Waals surface area contributed by atoms with E-state index in [1.54, 1.807) is 18.3 Å². The van der Waals surface area contributed by atoms with Crippen LogP contribution in [-0.2, 0) is 0 Å². The Morgan fingerprint density at radius 1 is 1.13 bits per heavy atom. The van der Waals surface area contributed by atoms with Crippen molar-refractivity contribution in [1.82, 2.24) is 14.9 Å². The number of amides is 2. The van der Waals surface area contributed by atoms with Gasteiger partial charge in [0.05, 0.1) is 11.3 Å². The highest BCUT2D eigenvalue weighted by Gasteiger charge is 2.43. The van der Waals surface area contributed by atoms with Crippen molar-refractivity contribution in [1.29, 1.82) is 0 Å². The van der Waals surface area contributed by atoms with Crippen LogP contribution in [0.4, 0.5) is 10.1 Å². The molecule has 2 aromatic heterocycles. The molecular formula is C22H22FN5O2. The van der Waals surface area contributed by atoms with Gasteiger partial charge in [-0.2, -0.15) is 0 Å². The van der Waals surface area contributed by atoms with Crippen LogP contribution in [0.25, 0.3) is 11.0 Å². The van der Waals surface area contributed by atoms with Gasteiger partial charge in [0.1, 0.15) is 11.5 Å². The van der Waals surface area contributed by atoms with Crippen molar-refractivity contribution in [2.45, 2.75) is 43.8 Å². The number of hydrogen-bond acceptors (Lipinski definition) is 4. The number of primary amides is 1. The molecule has 2 aliphatic heterocycles. The first kappa shape index (κ1) is 18.6. The third-order valence-corrected chi connectivity index (χ3v) is 6.26. The number of fused-ring (bicyclic) bond motifs is 3. The number of aromatic amines is 1. The summed E-state index contributed by atoms with van der Waals surface area (Å²) in [6, 6.07) is 7.93. The van der Waals surface area contributed by atoms with E-state index in [0.29, 0.717) is 22.5 Å². The van der Waals surface area contributed by atoms with E-state index in [-0.39, 0.29) is 29.8 Å². The second-order valence-electron chi connectivity index (χ2n) is 8.07. The van der Waals surface area contributed by atoms with Crippen LogP contribution < -0.4 is 11.1 Å². The lowest BCUT2D eigenvalue weighted by Crippen LogP contribution is -2.49. The number of hydrogen-bond donors (Lipinski definition) is 3. The van der Waals surface area contributed by atoms with Gasteiger partial charge in [-0.3, -0.25) is 9.59 Å². The Bertz CT molecular complexity index is 1110. The van der Waals surface area contributed by atoms with Crippen LogP contribution in [-0.4, -0.2) is 44.8 Å². The lowest BCUT2D eigenvalue weighted by molar-refractivity contribution is 0.0583. The topological polar surface area (TPSA) is 104 Å². The van der Waals surface area contributed by atoms with E-state index in [1.807, 2.05) is 11.0 Å². The minimum atomic E-state index is -0.528. The molecule has 30 heavy (non-hydrogen) atoms. The zero-order valence-corrected chi connectivity index (χ0v) is 16.3. The number of halogens is 1. The fraction of sp³-hybridized carbons (Fsp3) is 0.318. The summed E-state index contributed by atoms with van der Waals surface area (Å²) in [6.45, 7) is 0. The maximum Gasteiger partial charge on any atom is 0.254 e. The quantitative estimate of drug-likeness (QED) is 0.618. The molecule has 1 aromatic carbocycles. The van der Waals surface area contributed by atoms with Crippen LogP contribution in [0.1, 0.15) is 46.4 Å². The molecule has 0 radical (unpaired) electrons. The van der Waals surface area contributed by atoms with Gasteiger partial charge in [0, 0.05) is 41.5 Å². The number of benzene rings is 1. The maximum atomic E-state index is 13.2. The van der Waals surface area contributed by atoms with Crippen LogP contribution in [0.5, 0.6) is 0 Å². The van der Waals surface area contributed by atoms with Crippen molar-refractivity contribution < 1.29 is 14.0 Å². The molecule has 2 aliphatic rings. The third-order valence-electron chi connectivity index (χ3n) is 6.26. The number of nitrogens with one attached hydrogen (secondary N) is 2. The van der Waals surface area contributed by atoms with Gasteiger partial charge in [0.2, 0.25) is 0 Å². The molecule has 0 saturated carbocycles. The van der Waals surface area contributed by atoms with Crippen molar-refractivity contribution in [3.8, 4) is 0 Å². The first-order valence-corrected chi connectivity index (χ1v) is 10.1. The number of aromatic nitrogens is 2. The molecule has 2 amide bonds. The zero-order valence-electron chi connectivity index (χ0n) is 16.3. The number of nitrogens with zero attached hydrogens (tertiary/aromatic N) is 2. The van der Waals surface area contributed by atoms with Crippen LogP contribution in [0.15, 0.2) is 42.7 Å². The highest BCUT2D eigenvalue weighted by atomic mass is 19.1. The summed E-state index contributed by atoms with van der Waals surface area (Å²) in [4.78, 5) is 34.2. The van der Waals surface area contributed by atoms with Gasteiger partial charge in [0.25, 0.3) is 11.8 Å². The van der Waals surface area contributed by atoms with E-state index in [9.17, 15) is 14.0 Å². The number of anilines is 1. The molecule has 4 N–H and O–H groups in total. The Hall–Kier alpha value is -3.42. The van der Waals surface area contributed by atoms with Crippen molar-refractivity contribution >= 4 is 28.5 Å². The number of H-pyrrole nitrogens is 1. The minimum absolute atomic E-state index is 0.0456. The van der Waals surface area contributed by atoms with Gasteiger partial charge in [-0.1, -0.05) is 0 Å². The predicted octanol–water partition coefficient (Wildman–Crippen LogP) is 3.05. The normalized spacial score (nSPS) is 23.0. The zero-order chi connectivity index (χ0) is 20.8. The summed E-state index contributed by atoms with van der Waals surface area (Å²) in [5, 5.41) is 4.34. The Balaban J connectivity index is 1.38. The minimum Gasteiger partial charge on any atom is -0.381 e.